The van der Waals surface area contributed by atoms with Crippen LogP contribution in [0.15, 0.2) is 0 Å². The van der Waals surface area contributed by atoms with Crippen molar-refractivity contribution in [1.29, 1.82) is 0 Å². The summed E-state index contributed by atoms with van der Waals surface area (Å²) in [6.45, 7) is 1.37. The van der Waals surface area contributed by atoms with Crippen LogP contribution < -0.4 is 5.32 Å². The molecule has 0 radical (unpaired) electrons. The van der Waals surface area contributed by atoms with E-state index in [-0.39, 0.29) is 23.6 Å². The lowest BCUT2D eigenvalue weighted by atomic mass is 9.89. The molecular weight excluding hydrogens is 260 g/mol. The highest BCUT2D eigenvalue weighted by atomic mass is 16.7. The largest absolute Gasteiger partial charge is 0.348 e. The molecule has 112 valence electrons. The molecule has 0 aromatic heterocycles. The van der Waals surface area contributed by atoms with E-state index in [1.165, 1.54) is 4.90 Å². The van der Waals surface area contributed by atoms with E-state index >= 15 is 0 Å². The molecule has 0 aromatic carbocycles. The van der Waals surface area contributed by atoms with E-state index in [4.69, 9.17) is 9.47 Å². The lowest BCUT2D eigenvalue weighted by molar-refractivity contribution is -0.180. The summed E-state index contributed by atoms with van der Waals surface area (Å²) >= 11 is 0. The molecule has 1 spiro atoms. The van der Waals surface area contributed by atoms with Crippen molar-refractivity contribution in [1.82, 2.24) is 10.2 Å². The molecule has 1 aliphatic carbocycles. The number of piperidine rings is 1. The van der Waals surface area contributed by atoms with E-state index in [0.717, 1.165) is 25.7 Å². The molecule has 3 fully saturated rings. The highest BCUT2D eigenvalue weighted by Gasteiger charge is 2.41. The molecule has 3 aliphatic rings. The monoisotopic (exact) mass is 282 g/mol. The summed E-state index contributed by atoms with van der Waals surface area (Å²) in [4.78, 5) is 24.8. The summed E-state index contributed by atoms with van der Waals surface area (Å²) in [5, 5.41) is 3.41. The Kier molecular flexibility index (Phi) is 3.79. The Morgan fingerprint density at radius 1 is 1.15 bits per heavy atom. The van der Waals surface area contributed by atoms with Crippen molar-refractivity contribution in [2.45, 2.75) is 56.4 Å². The quantitative estimate of drug-likeness (QED) is 0.743. The molecule has 2 saturated heterocycles. The van der Waals surface area contributed by atoms with Gasteiger partial charge in [0.25, 0.3) is 0 Å². The van der Waals surface area contributed by atoms with E-state index in [0.29, 0.717) is 32.1 Å². The van der Waals surface area contributed by atoms with Gasteiger partial charge in [0, 0.05) is 32.4 Å². The number of nitrogens with one attached hydrogen (secondary N) is 1. The van der Waals surface area contributed by atoms with Crippen molar-refractivity contribution in [3.63, 3.8) is 0 Å². The third-order valence-electron chi connectivity index (χ3n) is 4.65. The first kappa shape index (κ1) is 14.0. The van der Waals surface area contributed by atoms with Gasteiger partial charge in [-0.3, -0.25) is 14.5 Å². The molecule has 3 rings (SSSR count). The first-order chi connectivity index (χ1) is 9.60. The zero-order chi connectivity index (χ0) is 14.2. The van der Waals surface area contributed by atoms with Gasteiger partial charge in [-0.2, -0.15) is 0 Å². The standard InChI is InChI=1S/C14H22N2O4/c1-16-12(17)3-2-11(13(16)18)15-10-4-6-14(7-5-10)19-8-9-20-14/h10-11,15H,2-9H2,1H3. The van der Waals surface area contributed by atoms with Gasteiger partial charge >= 0.3 is 0 Å². The second-order valence-corrected chi connectivity index (χ2v) is 5.93. The molecule has 2 amide bonds. The maximum absolute atomic E-state index is 12.1. The number of carbonyl (C=O) groups excluding carboxylic acids is 2. The van der Waals surface area contributed by atoms with Crippen molar-refractivity contribution in [3.8, 4) is 0 Å². The molecule has 20 heavy (non-hydrogen) atoms. The van der Waals surface area contributed by atoms with Crippen molar-refractivity contribution >= 4 is 11.8 Å². The fourth-order valence-electron chi connectivity index (χ4n) is 3.36. The number of likely N-dealkylation sites (N-methyl/N-ethyl adjacent to an activating group) is 1. The number of ether oxygens (including phenoxy) is 2. The third kappa shape index (κ3) is 2.60. The fraction of sp³-hybridized carbons (Fsp3) is 0.857. The van der Waals surface area contributed by atoms with Gasteiger partial charge in [0.2, 0.25) is 11.8 Å². The van der Waals surface area contributed by atoms with Crippen LogP contribution in [0.2, 0.25) is 0 Å². The van der Waals surface area contributed by atoms with Crippen molar-refractivity contribution < 1.29 is 19.1 Å². The highest BCUT2D eigenvalue weighted by molar-refractivity contribution is 6.00. The van der Waals surface area contributed by atoms with Gasteiger partial charge in [0.05, 0.1) is 19.3 Å². The molecule has 0 bridgehead atoms. The smallest absolute Gasteiger partial charge is 0.246 e. The second kappa shape index (κ2) is 5.42. The first-order valence-corrected chi connectivity index (χ1v) is 7.44. The molecule has 1 saturated carbocycles. The van der Waals surface area contributed by atoms with Crippen LogP contribution in [-0.2, 0) is 19.1 Å². The third-order valence-corrected chi connectivity index (χ3v) is 4.65. The average molecular weight is 282 g/mol. The molecule has 1 N–H and O–H groups in total. The van der Waals surface area contributed by atoms with Crippen LogP contribution in [0, 0.1) is 0 Å². The number of hydrogen-bond donors (Lipinski definition) is 1. The molecule has 2 heterocycles. The summed E-state index contributed by atoms with van der Waals surface area (Å²) in [7, 11) is 1.56. The van der Waals surface area contributed by atoms with Gasteiger partial charge in [-0.25, -0.2) is 0 Å². The normalized spacial score (nSPS) is 31.2. The predicted octanol–water partition coefficient (Wildman–Crippen LogP) is 0.409. The van der Waals surface area contributed by atoms with Crippen LogP contribution >= 0.6 is 0 Å². The molecule has 6 nitrogen and oxygen atoms in total. The van der Waals surface area contributed by atoms with Gasteiger partial charge in [0.15, 0.2) is 5.79 Å². The summed E-state index contributed by atoms with van der Waals surface area (Å²) < 4.78 is 11.4. The lowest BCUT2D eigenvalue weighted by Crippen LogP contribution is -2.55. The molecule has 2 aliphatic heterocycles. The number of carbonyl (C=O) groups is 2. The van der Waals surface area contributed by atoms with Gasteiger partial charge in [0.1, 0.15) is 0 Å². The van der Waals surface area contributed by atoms with Gasteiger partial charge in [-0.05, 0) is 19.3 Å². The van der Waals surface area contributed by atoms with E-state index in [1.807, 2.05) is 0 Å². The SMILES string of the molecule is CN1C(=O)CCC(NC2CCC3(CC2)OCCO3)C1=O. The number of amides is 2. The van der Waals surface area contributed by atoms with Crippen LogP contribution in [0.25, 0.3) is 0 Å². The maximum Gasteiger partial charge on any atom is 0.246 e. The number of likely N-dealkylation sites (tertiary alicyclic amines) is 1. The second-order valence-electron chi connectivity index (χ2n) is 5.93. The first-order valence-electron chi connectivity index (χ1n) is 7.44. The van der Waals surface area contributed by atoms with Crippen molar-refractivity contribution in [2.24, 2.45) is 0 Å². The lowest BCUT2D eigenvalue weighted by Gasteiger charge is -2.38. The molecule has 1 unspecified atom stereocenters. The fourth-order valence-corrected chi connectivity index (χ4v) is 3.36. The van der Waals surface area contributed by atoms with Crippen LogP contribution in [0.4, 0.5) is 0 Å². The zero-order valence-corrected chi connectivity index (χ0v) is 11.9. The summed E-state index contributed by atoms with van der Waals surface area (Å²) in [5.74, 6) is -0.542. The average Bonchev–Trinajstić information content (AvgIpc) is 2.91. The van der Waals surface area contributed by atoms with Crippen LogP contribution in [-0.4, -0.2) is 54.8 Å². The van der Waals surface area contributed by atoms with E-state index < -0.39 is 0 Å². The predicted molar refractivity (Wildman–Crippen MR) is 70.8 cm³/mol. The topological polar surface area (TPSA) is 67.9 Å². The molecule has 1 atom stereocenters. The van der Waals surface area contributed by atoms with Gasteiger partial charge in [-0.15, -0.1) is 0 Å². The van der Waals surface area contributed by atoms with Crippen LogP contribution in [0.1, 0.15) is 38.5 Å². The van der Waals surface area contributed by atoms with Gasteiger partial charge in [-0.1, -0.05) is 0 Å². The van der Waals surface area contributed by atoms with Crippen LogP contribution in [0.3, 0.4) is 0 Å². The van der Waals surface area contributed by atoms with Crippen LogP contribution in [0.5, 0.6) is 0 Å². The summed E-state index contributed by atoms with van der Waals surface area (Å²) in [6, 6.07) is 0.0890. The molecule has 0 aromatic rings. The minimum atomic E-state index is -0.360. The van der Waals surface area contributed by atoms with E-state index in [1.54, 1.807) is 7.05 Å². The minimum absolute atomic E-state index is 0.0802. The van der Waals surface area contributed by atoms with E-state index in [9.17, 15) is 9.59 Å². The number of imide groups is 1. The highest BCUT2D eigenvalue weighted by Crippen LogP contribution is 2.36. The molecule has 6 heteroatoms. The Bertz CT molecular complexity index is 396. The zero-order valence-electron chi connectivity index (χ0n) is 11.9. The van der Waals surface area contributed by atoms with Crippen molar-refractivity contribution in [2.75, 3.05) is 20.3 Å². The van der Waals surface area contributed by atoms with E-state index in [2.05, 4.69) is 5.32 Å². The Morgan fingerprint density at radius 3 is 2.45 bits per heavy atom. The number of rotatable bonds is 2. The Balaban J connectivity index is 1.52. The Morgan fingerprint density at radius 2 is 1.80 bits per heavy atom. The maximum atomic E-state index is 12.1. The summed E-state index contributed by atoms with van der Waals surface area (Å²) in [5.41, 5.74) is 0. The minimum Gasteiger partial charge on any atom is -0.348 e. The molecular formula is C14H22N2O4. The number of nitrogens with zero attached hydrogens (tertiary/aromatic N) is 1. The summed E-state index contributed by atoms with van der Waals surface area (Å²) in [6.07, 6.45) is 4.70. The van der Waals surface area contributed by atoms with Gasteiger partial charge < -0.3 is 14.8 Å². The Labute approximate surface area is 118 Å². The van der Waals surface area contributed by atoms with Crippen molar-refractivity contribution in [3.05, 3.63) is 0 Å². The number of hydrogen-bond acceptors (Lipinski definition) is 5. The Hall–Kier alpha value is -0.980.